The average molecular weight is 443 g/mol. The van der Waals surface area contributed by atoms with E-state index in [4.69, 9.17) is 0 Å². The zero-order valence-corrected chi connectivity index (χ0v) is 17.4. The molecule has 0 radical (unpaired) electrons. The van der Waals surface area contributed by atoms with Crippen molar-refractivity contribution in [2.75, 3.05) is 6.54 Å². The molecular formula is C24H17N3O6. The van der Waals surface area contributed by atoms with E-state index in [0.717, 1.165) is 16.6 Å². The molecule has 0 unspecified atom stereocenters. The number of rotatable bonds is 6. The van der Waals surface area contributed by atoms with Gasteiger partial charge in [-0.2, -0.15) is 5.01 Å². The Bertz CT molecular complexity index is 1280. The second-order valence-electron chi connectivity index (χ2n) is 7.43. The van der Waals surface area contributed by atoms with Crippen molar-refractivity contribution in [3.63, 3.8) is 0 Å². The maximum absolute atomic E-state index is 13.4. The van der Waals surface area contributed by atoms with Crippen molar-refractivity contribution in [2.24, 2.45) is 0 Å². The van der Waals surface area contributed by atoms with Crippen LogP contribution in [0.5, 0.6) is 0 Å². The second-order valence-corrected chi connectivity index (χ2v) is 7.43. The number of nitro benzene ring substituents is 1. The third-order valence-corrected chi connectivity index (χ3v) is 5.22. The number of fused-ring (bicyclic) bond motifs is 1. The minimum absolute atomic E-state index is 0.0992. The van der Waals surface area contributed by atoms with Gasteiger partial charge in [0.2, 0.25) is 0 Å². The van der Waals surface area contributed by atoms with E-state index in [1.54, 1.807) is 36.4 Å². The summed E-state index contributed by atoms with van der Waals surface area (Å²) in [5.74, 6) is -2.92. The highest BCUT2D eigenvalue weighted by Crippen LogP contribution is 2.26. The average Bonchev–Trinajstić information content (AvgIpc) is 3.07. The molecule has 3 aromatic carbocycles. The number of hydrogen-bond donors (Lipinski definition) is 0. The van der Waals surface area contributed by atoms with E-state index in [1.807, 2.05) is 6.92 Å². The molecule has 0 bridgehead atoms. The van der Waals surface area contributed by atoms with Crippen LogP contribution < -0.4 is 0 Å². The monoisotopic (exact) mass is 443 g/mol. The van der Waals surface area contributed by atoms with Gasteiger partial charge in [-0.1, -0.05) is 48.0 Å². The van der Waals surface area contributed by atoms with Crippen LogP contribution in [0.1, 0.15) is 47.0 Å². The van der Waals surface area contributed by atoms with E-state index >= 15 is 0 Å². The second kappa shape index (κ2) is 8.46. The van der Waals surface area contributed by atoms with Crippen LogP contribution >= 0.6 is 0 Å². The number of carbonyl (C=O) groups excluding carboxylic acids is 4. The topological polar surface area (TPSA) is 118 Å². The van der Waals surface area contributed by atoms with E-state index in [-0.39, 0.29) is 27.9 Å². The lowest BCUT2D eigenvalue weighted by molar-refractivity contribution is -0.384. The third-order valence-electron chi connectivity index (χ3n) is 5.22. The van der Waals surface area contributed by atoms with Crippen molar-refractivity contribution in [1.82, 2.24) is 10.0 Å². The van der Waals surface area contributed by atoms with Crippen molar-refractivity contribution < 1.29 is 24.1 Å². The molecule has 0 N–H and O–H groups in total. The Hall–Kier alpha value is -4.66. The van der Waals surface area contributed by atoms with E-state index in [1.165, 1.54) is 30.3 Å². The summed E-state index contributed by atoms with van der Waals surface area (Å²) in [7, 11) is 0. The van der Waals surface area contributed by atoms with Gasteiger partial charge in [-0.05, 0) is 25.1 Å². The Labute approximate surface area is 188 Å². The number of nitro groups is 1. The highest BCUT2D eigenvalue weighted by Gasteiger charge is 2.42. The minimum atomic E-state index is -0.895. The molecule has 0 saturated carbocycles. The highest BCUT2D eigenvalue weighted by molar-refractivity contribution is 6.22. The molecule has 0 atom stereocenters. The molecule has 164 valence electrons. The molecule has 33 heavy (non-hydrogen) atoms. The van der Waals surface area contributed by atoms with Crippen LogP contribution in [0.3, 0.4) is 0 Å². The summed E-state index contributed by atoms with van der Waals surface area (Å²) in [6, 6.07) is 17.5. The molecule has 0 aliphatic carbocycles. The number of imide groups is 1. The summed E-state index contributed by atoms with van der Waals surface area (Å²) in [5, 5.41) is 12.5. The van der Waals surface area contributed by atoms with Crippen LogP contribution in [-0.2, 0) is 0 Å². The van der Waals surface area contributed by atoms with Crippen LogP contribution in [0.4, 0.5) is 5.69 Å². The van der Waals surface area contributed by atoms with Gasteiger partial charge in [0.25, 0.3) is 23.4 Å². The van der Waals surface area contributed by atoms with Gasteiger partial charge in [-0.25, -0.2) is 5.01 Å². The summed E-state index contributed by atoms with van der Waals surface area (Å²) in [4.78, 5) is 62.9. The smallest absolute Gasteiger partial charge is 0.280 e. The molecule has 3 amide bonds. The first-order chi connectivity index (χ1) is 15.8. The number of amides is 3. The molecule has 3 aromatic rings. The molecule has 0 saturated heterocycles. The highest BCUT2D eigenvalue weighted by atomic mass is 16.6. The number of hydrogen-bond acceptors (Lipinski definition) is 6. The van der Waals surface area contributed by atoms with Crippen molar-refractivity contribution in [1.29, 1.82) is 0 Å². The Morgan fingerprint density at radius 1 is 0.879 bits per heavy atom. The molecule has 1 heterocycles. The summed E-state index contributed by atoms with van der Waals surface area (Å²) in [5.41, 5.74) is 0.931. The SMILES string of the molecule is Cc1ccc(C(=O)CN(C(=O)c2cccc([N+](=O)[O-])c2)N2C(=O)c3ccccc3C2=O)cc1. The number of nitrogens with zero attached hydrogens (tertiary/aromatic N) is 3. The number of non-ortho nitro benzene ring substituents is 1. The van der Waals surface area contributed by atoms with Crippen LogP contribution in [-0.4, -0.2) is 45.0 Å². The van der Waals surface area contributed by atoms with E-state index in [0.29, 0.717) is 5.01 Å². The number of Topliss-reactive ketones (excluding diaryl/α,β-unsaturated/α-hetero) is 1. The Kier molecular flexibility index (Phi) is 5.53. The van der Waals surface area contributed by atoms with Crippen molar-refractivity contribution in [2.45, 2.75) is 6.92 Å². The van der Waals surface area contributed by atoms with Gasteiger partial charge in [0.15, 0.2) is 5.78 Å². The zero-order chi connectivity index (χ0) is 23.7. The predicted molar refractivity (Wildman–Crippen MR) is 117 cm³/mol. The van der Waals surface area contributed by atoms with Crippen molar-refractivity contribution >= 4 is 29.2 Å². The van der Waals surface area contributed by atoms with Gasteiger partial charge in [-0.3, -0.25) is 29.3 Å². The number of hydrazine groups is 1. The first-order valence-corrected chi connectivity index (χ1v) is 9.92. The molecule has 1 aliphatic heterocycles. The normalized spacial score (nSPS) is 12.5. The molecule has 0 fully saturated rings. The Balaban J connectivity index is 1.75. The number of benzene rings is 3. The van der Waals surface area contributed by atoms with E-state index in [2.05, 4.69) is 0 Å². The van der Waals surface area contributed by atoms with E-state index < -0.39 is 35.0 Å². The van der Waals surface area contributed by atoms with Gasteiger partial charge in [-0.15, -0.1) is 0 Å². The molecule has 1 aliphatic rings. The van der Waals surface area contributed by atoms with Crippen molar-refractivity contribution in [3.8, 4) is 0 Å². The Morgan fingerprint density at radius 3 is 2.06 bits per heavy atom. The van der Waals surface area contributed by atoms with Crippen LogP contribution in [0, 0.1) is 17.0 Å². The predicted octanol–water partition coefficient (Wildman–Crippen LogP) is 3.44. The lowest BCUT2D eigenvalue weighted by Gasteiger charge is -2.29. The zero-order valence-electron chi connectivity index (χ0n) is 17.4. The lowest BCUT2D eigenvalue weighted by atomic mass is 10.1. The molecule has 4 rings (SSSR count). The first kappa shape index (κ1) is 21.6. The summed E-state index contributed by atoms with van der Waals surface area (Å²) >= 11 is 0. The Morgan fingerprint density at radius 2 is 1.48 bits per heavy atom. The molecule has 0 aromatic heterocycles. The number of aryl methyl sites for hydroxylation is 1. The molecular weight excluding hydrogens is 426 g/mol. The first-order valence-electron chi connectivity index (χ1n) is 9.92. The van der Waals surface area contributed by atoms with Crippen molar-refractivity contribution in [3.05, 3.63) is 111 Å². The fraction of sp³-hybridized carbons (Fsp3) is 0.0833. The summed E-state index contributed by atoms with van der Waals surface area (Å²) in [6.45, 7) is 1.24. The molecule has 0 spiro atoms. The van der Waals surface area contributed by atoms with Gasteiger partial charge in [0.1, 0.15) is 6.54 Å². The van der Waals surface area contributed by atoms with E-state index in [9.17, 15) is 29.3 Å². The molecule has 9 nitrogen and oxygen atoms in total. The van der Waals surface area contributed by atoms with Gasteiger partial charge >= 0.3 is 0 Å². The number of ketones is 1. The van der Waals surface area contributed by atoms with Gasteiger partial charge < -0.3 is 0 Å². The fourth-order valence-corrected chi connectivity index (χ4v) is 3.50. The standard InChI is InChI=1S/C24H17N3O6/c1-15-9-11-16(12-10-15)21(28)14-25(22(29)17-5-4-6-18(13-17)27(32)33)26-23(30)19-7-2-3-8-20(19)24(26)31/h2-13H,14H2,1H3. The van der Waals surface area contributed by atoms with Crippen LogP contribution in [0.25, 0.3) is 0 Å². The van der Waals surface area contributed by atoms with Gasteiger partial charge in [0.05, 0.1) is 16.1 Å². The lowest BCUT2D eigenvalue weighted by Crippen LogP contribution is -2.51. The third kappa shape index (κ3) is 3.99. The summed E-state index contributed by atoms with van der Waals surface area (Å²) in [6.07, 6.45) is 0. The van der Waals surface area contributed by atoms with Crippen LogP contribution in [0.2, 0.25) is 0 Å². The maximum atomic E-state index is 13.4. The van der Waals surface area contributed by atoms with Gasteiger partial charge in [0, 0.05) is 23.3 Å². The minimum Gasteiger partial charge on any atom is -0.292 e. The van der Waals surface area contributed by atoms with Crippen LogP contribution in [0.15, 0.2) is 72.8 Å². The largest absolute Gasteiger partial charge is 0.292 e. The fourth-order valence-electron chi connectivity index (χ4n) is 3.50. The maximum Gasteiger partial charge on any atom is 0.280 e. The number of carbonyl (C=O) groups is 4. The summed E-state index contributed by atoms with van der Waals surface area (Å²) < 4.78 is 0. The quantitative estimate of drug-likeness (QED) is 0.249. The molecule has 9 heteroatoms.